The highest BCUT2D eigenvalue weighted by Crippen LogP contribution is 2.34. The third-order valence-electron chi connectivity index (χ3n) is 3.83. The zero-order valence-corrected chi connectivity index (χ0v) is 14.4. The highest BCUT2D eigenvalue weighted by atomic mass is 16.5. The van der Waals surface area contributed by atoms with Crippen LogP contribution in [-0.2, 0) is 4.74 Å². The maximum atomic E-state index is 12.2. The average molecular weight is 300 g/mol. The number of nitrogens with one attached hydrogen (secondary N) is 1. The Hall–Kier alpha value is -0.810. The Labute approximate surface area is 129 Å². The van der Waals surface area contributed by atoms with E-state index >= 15 is 0 Å². The molecule has 1 aliphatic rings. The van der Waals surface area contributed by atoms with Gasteiger partial charge in [0.1, 0.15) is 0 Å². The Bertz CT molecular complexity index is 344. The maximum absolute atomic E-state index is 12.2. The molecule has 0 unspecified atom stereocenters. The fourth-order valence-electron chi connectivity index (χ4n) is 2.92. The van der Waals surface area contributed by atoms with Crippen molar-refractivity contribution < 1.29 is 14.6 Å². The first kappa shape index (κ1) is 18.2. The fourth-order valence-corrected chi connectivity index (χ4v) is 2.92. The SMILES string of the molecule is CCN(CC(C)(C)O)C(=O)NC[C@H]1CCO[C@@H]1C(C)(C)C. The molecule has 1 heterocycles. The minimum atomic E-state index is -0.877. The summed E-state index contributed by atoms with van der Waals surface area (Å²) in [7, 11) is 0. The molecule has 0 saturated carbocycles. The zero-order chi connectivity index (χ0) is 16.3. The second kappa shape index (κ2) is 6.97. The summed E-state index contributed by atoms with van der Waals surface area (Å²) in [4.78, 5) is 13.9. The summed E-state index contributed by atoms with van der Waals surface area (Å²) in [6.07, 6.45) is 1.17. The number of urea groups is 1. The molecule has 124 valence electrons. The molecule has 21 heavy (non-hydrogen) atoms. The number of ether oxygens (including phenoxy) is 1. The van der Waals surface area contributed by atoms with Crippen LogP contribution in [0.3, 0.4) is 0 Å². The number of carbonyl (C=O) groups is 1. The van der Waals surface area contributed by atoms with Crippen LogP contribution < -0.4 is 5.32 Å². The number of carbonyl (C=O) groups excluding carboxylic acids is 1. The summed E-state index contributed by atoms with van der Waals surface area (Å²) < 4.78 is 5.82. The monoisotopic (exact) mass is 300 g/mol. The van der Waals surface area contributed by atoms with Gasteiger partial charge in [0, 0.05) is 25.6 Å². The van der Waals surface area contributed by atoms with Gasteiger partial charge in [0.05, 0.1) is 18.2 Å². The molecule has 0 spiro atoms. The summed E-state index contributed by atoms with van der Waals surface area (Å²) in [6, 6.07) is -0.112. The van der Waals surface area contributed by atoms with Crippen molar-refractivity contribution in [3.05, 3.63) is 0 Å². The summed E-state index contributed by atoms with van der Waals surface area (Å²) in [5, 5.41) is 12.9. The summed E-state index contributed by atoms with van der Waals surface area (Å²) in [5.74, 6) is 0.356. The normalized spacial score (nSPS) is 23.2. The van der Waals surface area contributed by atoms with Gasteiger partial charge < -0.3 is 20.1 Å². The van der Waals surface area contributed by atoms with Gasteiger partial charge in [-0.1, -0.05) is 20.8 Å². The van der Waals surface area contributed by atoms with E-state index < -0.39 is 5.60 Å². The molecule has 0 radical (unpaired) electrons. The molecule has 0 aromatic rings. The van der Waals surface area contributed by atoms with E-state index in [1.807, 2.05) is 6.92 Å². The lowest BCUT2D eigenvalue weighted by Gasteiger charge is -2.32. The van der Waals surface area contributed by atoms with Crippen molar-refractivity contribution in [3.63, 3.8) is 0 Å². The summed E-state index contributed by atoms with van der Waals surface area (Å²) >= 11 is 0. The predicted molar refractivity (Wildman–Crippen MR) is 84.2 cm³/mol. The smallest absolute Gasteiger partial charge is 0.317 e. The van der Waals surface area contributed by atoms with Crippen LogP contribution in [0.1, 0.15) is 48.0 Å². The predicted octanol–water partition coefficient (Wildman–Crippen LogP) is 2.24. The minimum absolute atomic E-state index is 0.0867. The molecule has 0 aliphatic carbocycles. The van der Waals surface area contributed by atoms with Crippen LogP contribution in [0.2, 0.25) is 0 Å². The zero-order valence-electron chi connectivity index (χ0n) is 14.4. The molecule has 1 rings (SSSR count). The molecular formula is C16H32N2O3. The molecule has 2 atom stereocenters. The third-order valence-corrected chi connectivity index (χ3v) is 3.83. The Morgan fingerprint density at radius 2 is 1.95 bits per heavy atom. The van der Waals surface area contributed by atoms with Crippen LogP contribution in [0.5, 0.6) is 0 Å². The molecule has 2 N–H and O–H groups in total. The van der Waals surface area contributed by atoms with Crippen molar-refractivity contribution in [3.8, 4) is 0 Å². The van der Waals surface area contributed by atoms with Crippen LogP contribution >= 0.6 is 0 Å². The van der Waals surface area contributed by atoms with Gasteiger partial charge in [-0.2, -0.15) is 0 Å². The standard InChI is InChI=1S/C16H32N2O3/c1-7-18(11-16(5,6)20)14(19)17-10-12-8-9-21-13(12)15(2,3)4/h12-13,20H,7-11H2,1-6H3,(H,17,19)/t12-,13+/m1/s1. The quantitative estimate of drug-likeness (QED) is 0.818. The summed E-state index contributed by atoms with van der Waals surface area (Å²) in [5.41, 5.74) is -0.790. The number of hydrogen-bond acceptors (Lipinski definition) is 3. The average Bonchev–Trinajstić information content (AvgIpc) is 2.80. The first-order chi connectivity index (χ1) is 9.54. The molecule has 2 amide bonds. The Morgan fingerprint density at radius 1 is 1.33 bits per heavy atom. The molecule has 1 saturated heterocycles. The second-order valence-corrected chi connectivity index (χ2v) is 7.72. The van der Waals surface area contributed by atoms with Crippen LogP contribution in [-0.4, -0.2) is 54.0 Å². The number of aliphatic hydroxyl groups is 1. The number of hydrogen-bond donors (Lipinski definition) is 2. The lowest BCUT2D eigenvalue weighted by molar-refractivity contribution is 0.00720. The van der Waals surface area contributed by atoms with E-state index in [1.165, 1.54) is 0 Å². The lowest BCUT2D eigenvalue weighted by Crippen LogP contribution is -2.48. The molecular weight excluding hydrogens is 268 g/mol. The van der Waals surface area contributed by atoms with Crippen molar-refractivity contribution in [2.75, 3.05) is 26.2 Å². The Kier molecular flexibility index (Phi) is 6.05. The van der Waals surface area contributed by atoms with Gasteiger partial charge in [-0.15, -0.1) is 0 Å². The molecule has 0 aromatic heterocycles. The lowest BCUT2D eigenvalue weighted by atomic mass is 9.81. The fraction of sp³-hybridized carbons (Fsp3) is 0.938. The first-order valence-electron chi connectivity index (χ1n) is 7.91. The Balaban J connectivity index is 2.51. The van der Waals surface area contributed by atoms with Gasteiger partial charge in [0.25, 0.3) is 0 Å². The van der Waals surface area contributed by atoms with Crippen LogP contribution in [0, 0.1) is 11.3 Å². The molecule has 1 aliphatic heterocycles. The van der Waals surface area contributed by atoms with Crippen molar-refractivity contribution in [2.45, 2.75) is 59.7 Å². The minimum Gasteiger partial charge on any atom is -0.389 e. The van der Waals surface area contributed by atoms with E-state index in [2.05, 4.69) is 26.1 Å². The van der Waals surface area contributed by atoms with E-state index in [0.717, 1.165) is 13.0 Å². The number of rotatable bonds is 5. The third kappa shape index (κ3) is 5.83. The van der Waals surface area contributed by atoms with Crippen molar-refractivity contribution in [2.24, 2.45) is 11.3 Å². The van der Waals surface area contributed by atoms with Gasteiger partial charge in [-0.05, 0) is 32.6 Å². The first-order valence-corrected chi connectivity index (χ1v) is 7.91. The van der Waals surface area contributed by atoms with Gasteiger partial charge in [0.15, 0.2) is 0 Å². The Morgan fingerprint density at radius 3 is 2.43 bits per heavy atom. The van der Waals surface area contributed by atoms with E-state index in [4.69, 9.17) is 4.74 Å². The number of likely N-dealkylation sites (N-methyl/N-ethyl adjacent to an activating group) is 1. The van der Waals surface area contributed by atoms with Crippen LogP contribution in [0.4, 0.5) is 4.79 Å². The maximum Gasteiger partial charge on any atom is 0.317 e. The van der Waals surface area contributed by atoms with Crippen molar-refractivity contribution in [1.82, 2.24) is 10.2 Å². The van der Waals surface area contributed by atoms with Gasteiger partial charge >= 0.3 is 6.03 Å². The van der Waals surface area contributed by atoms with Crippen molar-refractivity contribution in [1.29, 1.82) is 0 Å². The topological polar surface area (TPSA) is 61.8 Å². The number of amides is 2. The van der Waals surface area contributed by atoms with Crippen molar-refractivity contribution >= 4 is 6.03 Å². The molecule has 1 fully saturated rings. The second-order valence-electron chi connectivity index (χ2n) is 7.72. The molecule has 0 aromatic carbocycles. The highest BCUT2D eigenvalue weighted by Gasteiger charge is 2.37. The van der Waals surface area contributed by atoms with Gasteiger partial charge in [-0.3, -0.25) is 0 Å². The highest BCUT2D eigenvalue weighted by molar-refractivity contribution is 5.74. The van der Waals surface area contributed by atoms with E-state index in [9.17, 15) is 9.90 Å². The molecule has 5 heteroatoms. The van der Waals surface area contributed by atoms with E-state index in [0.29, 0.717) is 25.6 Å². The van der Waals surface area contributed by atoms with Crippen LogP contribution in [0.15, 0.2) is 0 Å². The number of nitrogens with zero attached hydrogens (tertiary/aromatic N) is 1. The largest absolute Gasteiger partial charge is 0.389 e. The van der Waals surface area contributed by atoms with E-state index in [-0.39, 0.29) is 17.6 Å². The van der Waals surface area contributed by atoms with Gasteiger partial charge in [-0.25, -0.2) is 4.79 Å². The molecule has 0 bridgehead atoms. The van der Waals surface area contributed by atoms with Crippen LogP contribution in [0.25, 0.3) is 0 Å². The summed E-state index contributed by atoms with van der Waals surface area (Å²) in [6.45, 7) is 14.2. The van der Waals surface area contributed by atoms with Gasteiger partial charge in [0.2, 0.25) is 0 Å². The van der Waals surface area contributed by atoms with E-state index in [1.54, 1.807) is 18.7 Å². The molecule has 5 nitrogen and oxygen atoms in total.